The monoisotopic (exact) mass is 235 g/mol. The van der Waals surface area contributed by atoms with Crippen molar-refractivity contribution in [3.63, 3.8) is 0 Å². The molecule has 1 aliphatic rings. The maximum Gasteiger partial charge on any atom is 0.358 e. The number of nitrogens with zero attached hydrogens (tertiary/aromatic N) is 1. The molecule has 0 aromatic rings. The Morgan fingerprint density at radius 2 is 2.00 bits per heavy atom. The first kappa shape index (κ1) is 12.7. The van der Waals surface area contributed by atoms with Crippen molar-refractivity contribution in [1.82, 2.24) is 5.06 Å². The van der Waals surface area contributed by atoms with Crippen LogP contribution < -0.4 is 0 Å². The second kappa shape index (κ2) is 4.66. The fraction of sp³-hybridized carbons (Fsp3) is 0.778. The van der Waals surface area contributed by atoms with Crippen LogP contribution in [0, 0.1) is 0 Å². The van der Waals surface area contributed by atoms with Gasteiger partial charge in [-0.2, -0.15) is 0 Å². The predicted octanol–water partition coefficient (Wildman–Crippen LogP) is 2.58. The van der Waals surface area contributed by atoms with E-state index in [0.717, 1.165) is 5.06 Å². The molecule has 0 bridgehead atoms. The average Bonchev–Trinajstić information content (AvgIpc) is 2.49. The number of rotatable bonds is 5. The first-order valence-electron chi connectivity index (χ1n) is 5.04. The van der Waals surface area contributed by atoms with Crippen molar-refractivity contribution in [1.29, 1.82) is 0 Å². The molecular weight excluding hydrogens is 217 g/mol. The van der Waals surface area contributed by atoms with Crippen LogP contribution in [0.15, 0.2) is 12.3 Å². The van der Waals surface area contributed by atoms with E-state index in [1.165, 1.54) is 6.20 Å². The molecule has 0 radical (unpaired) electrons. The Labute approximate surface area is 90.2 Å². The van der Waals surface area contributed by atoms with Crippen molar-refractivity contribution in [3.8, 4) is 0 Å². The summed E-state index contributed by atoms with van der Waals surface area (Å²) in [4.78, 5) is 0. The van der Waals surface area contributed by atoms with E-state index in [1.54, 1.807) is 26.8 Å². The Morgan fingerprint density at radius 3 is 2.33 bits per heavy atom. The third kappa shape index (κ3) is 2.11. The zero-order valence-electron chi connectivity index (χ0n) is 9.34. The molecule has 5 nitrogen and oxygen atoms in total. The molecule has 0 saturated heterocycles. The molecule has 0 saturated carbocycles. The highest BCUT2D eigenvalue weighted by molar-refractivity contribution is 7.55. The Morgan fingerprint density at radius 1 is 1.47 bits per heavy atom. The van der Waals surface area contributed by atoms with Crippen molar-refractivity contribution in [2.24, 2.45) is 0 Å². The highest BCUT2D eigenvalue weighted by Crippen LogP contribution is 2.63. The Hall–Kier alpha value is -0.350. The maximum atomic E-state index is 12.5. The fourth-order valence-corrected chi connectivity index (χ4v) is 3.48. The Bertz CT molecular complexity index is 284. The van der Waals surface area contributed by atoms with Gasteiger partial charge in [0.2, 0.25) is 0 Å². The topological polar surface area (TPSA) is 59.0 Å². The van der Waals surface area contributed by atoms with Gasteiger partial charge in [0.1, 0.15) is 0 Å². The fourth-order valence-electron chi connectivity index (χ4n) is 1.52. The van der Waals surface area contributed by atoms with Gasteiger partial charge in [0.05, 0.1) is 13.2 Å². The van der Waals surface area contributed by atoms with E-state index in [0.29, 0.717) is 19.6 Å². The minimum atomic E-state index is -3.32. The van der Waals surface area contributed by atoms with Gasteiger partial charge in [-0.25, -0.2) is 5.06 Å². The molecule has 1 heterocycles. The minimum Gasteiger partial charge on any atom is -0.307 e. The van der Waals surface area contributed by atoms with E-state index >= 15 is 0 Å². The molecule has 1 rings (SSSR count). The van der Waals surface area contributed by atoms with Gasteiger partial charge in [-0.05, 0) is 20.8 Å². The normalized spacial score (nSPS) is 26.3. The molecule has 1 atom stereocenters. The smallest absolute Gasteiger partial charge is 0.307 e. The third-order valence-electron chi connectivity index (χ3n) is 2.43. The predicted molar refractivity (Wildman–Crippen MR) is 56.6 cm³/mol. The summed E-state index contributed by atoms with van der Waals surface area (Å²) in [6.45, 7) is 5.75. The van der Waals surface area contributed by atoms with E-state index in [-0.39, 0.29) is 0 Å². The van der Waals surface area contributed by atoms with Crippen LogP contribution in [-0.4, -0.2) is 28.8 Å². The zero-order chi connectivity index (χ0) is 11.5. The van der Waals surface area contributed by atoms with Gasteiger partial charge < -0.3 is 9.05 Å². The number of hydroxylamine groups is 2. The summed E-state index contributed by atoms with van der Waals surface area (Å²) in [7, 11) is -3.32. The van der Waals surface area contributed by atoms with Crippen LogP contribution >= 0.6 is 7.60 Å². The lowest BCUT2D eigenvalue weighted by molar-refractivity contribution is -0.0904. The molecule has 1 unspecified atom stereocenters. The van der Waals surface area contributed by atoms with E-state index in [1.807, 2.05) is 0 Å². The van der Waals surface area contributed by atoms with Crippen LogP contribution in [0.25, 0.3) is 0 Å². The highest BCUT2D eigenvalue weighted by atomic mass is 31.2. The van der Waals surface area contributed by atoms with Crippen LogP contribution in [-0.2, 0) is 13.6 Å². The van der Waals surface area contributed by atoms with E-state index in [2.05, 4.69) is 0 Å². The second-order valence-corrected chi connectivity index (χ2v) is 5.96. The minimum absolute atomic E-state index is 0.292. The molecular formula is C9H18NO4P. The molecule has 1 aliphatic heterocycles. The summed E-state index contributed by atoms with van der Waals surface area (Å²) >= 11 is 0. The van der Waals surface area contributed by atoms with Crippen LogP contribution in [0.2, 0.25) is 0 Å². The van der Waals surface area contributed by atoms with Gasteiger partial charge in [-0.15, -0.1) is 0 Å². The molecule has 1 N–H and O–H groups in total. The van der Waals surface area contributed by atoms with Gasteiger partial charge in [0, 0.05) is 12.6 Å². The molecule has 0 aliphatic carbocycles. The molecule has 0 amide bonds. The van der Waals surface area contributed by atoms with Gasteiger partial charge >= 0.3 is 7.60 Å². The van der Waals surface area contributed by atoms with Crippen molar-refractivity contribution in [2.45, 2.75) is 32.5 Å². The lowest BCUT2D eigenvalue weighted by Crippen LogP contribution is -2.38. The van der Waals surface area contributed by atoms with Crippen molar-refractivity contribution < 1.29 is 18.8 Å². The lowest BCUT2D eigenvalue weighted by Gasteiger charge is -2.36. The molecule has 0 aromatic heterocycles. The van der Waals surface area contributed by atoms with Crippen LogP contribution in [0.5, 0.6) is 0 Å². The molecule has 0 fully saturated rings. The standard InChI is InChI=1S/C9H18NO4P/c1-4-13-15(12,14-5-2)9(3)7-6-8-10(9)11/h6,8,11H,4-5,7H2,1-3H3. The van der Waals surface area contributed by atoms with E-state index < -0.39 is 12.9 Å². The lowest BCUT2D eigenvalue weighted by atomic mass is 10.3. The van der Waals surface area contributed by atoms with E-state index in [9.17, 15) is 9.77 Å². The highest BCUT2D eigenvalue weighted by Gasteiger charge is 2.52. The maximum absolute atomic E-state index is 12.5. The average molecular weight is 235 g/mol. The zero-order valence-corrected chi connectivity index (χ0v) is 10.2. The third-order valence-corrected chi connectivity index (χ3v) is 5.20. The summed E-state index contributed by atoms with van der Waals surface area (Å²) in [5.74, 6) is 0. The molecule has 88 valence electrons. The number of hydrogen-bond acceptors (Lipinski definition) is 5. The molecule has 6 heteroatoms. The van der Waals surface area contributed by atoms with Crippen molar-refractivity contribution >= 4 is 7.60 Å². The summed E-state index contributed by atoms with van der Waals surface area (Å²) in [6, 6.07) is 0. The summed E-state index contributed by atoms with van der Waals surface area (Å²) in [6.07, 6.45) is 3.66. The molecule has 15 heavy (non-hydrogen) atoms. The Balaban J connectivity index is 2.93. The van der Waals surface area contributed by atoms with Crippen LogP contribution in [0.3, 0.4) is 0 Å². The molecule has 0 aromatic carbocycles. The summed E-state index contributed by atoms with van der Waals surface area (Å²) in [5, 5.41) is 9.57. The van der Waals surface area contributed by atoms with Gasteiger partial charge in [0.15, 0.2) is 5.28 Å². The summed E-state index contributed by atoms with van der Waals surface area (Å²) < 4.78 is 22.9. The quantitative estimate of drug-likeness (QED) is 0.742. The van der Waals surface area contributed by atoms with Crippen LogP contribution in [0.4, 0.5) is 0 Å². The van der Waals surface area contributed by atoms with Gasteiger partial charge in [0.25, 0.3) is 0 Å². The Kier molecular flexibility index (Phi) is 3.95. The largest absolute Gasteiger partial charge is 0.358 e. The molecule has 0 spiro atoms. The van der Waals surface area contributed by atoms with Crippen LogP contribution in [0.1, 0.15) is 27.2 Å². The first-order chi connectivity index (χ1) is 7.00. The summed E-state index contributed by atoms with van der Waals surface area (Å²) in [5.41, 5.74) is 0. The van der Waals surface area contributed by atoms with Gasteiger partial charge in [-0.3, -0.25) is 9.77 Å². The SMILES string of the molecule is CCOP(=O)(OCC)C1(C)CC=CN1O. The second-order valence-electron chi connectivity index (χ2n) is 3.48. The first-order valence-corrected chi connectivity index (χ1v) is 6.58. The van der Waals surface area contributed by atoms with Crippen molar-refractivity contribution in [3.05, 3.63) is 12.3 Å². The van der Waals surface area contributed by atoms with Gasteiger partial charge in [-0.1, -0.05) is 6.08 Å². The van der Waals surface area contributed by atoms with E-state index in [4.69, 9.17) is 9.05 Å². The van der Waals surface area contributed by atoms with Crippen molar-refractivity contribution in [2.75, 3.05) is 13.2 Å². The number of hydrogen-bond donors (Lipinski definition) is 1.